The van der Waals surface area contributed by atoms with Crippen LogP contribution in [-0.2, 0) is 14.3 Å². The van der Waals surface area contributed by atoms with Crippen molar-refractivity contribution in [3.05, 3.63) is 83.3 Å². The van der Waals surface area contributed by atoms with Gasteiger partial charge < -0.3 is 15.0 Å². The van der Waals surface area contributed by atoms with Gasteiger partial charge in [-0.25, -0.2) is 18.3 Å². The van der Waals surface area contributed by atoms with E-state index in [-0.39, 0.29) is 18.8 Å². The molecule has 0 bridgehead atoms. The molecular weight excluding hydrogens is 432 g/mol. The maximum atomic E-state index is 13.5. The summed E-state index contributed by atoms with van der Waals surface area (Å²) in [6.07, 6.45) is 1.34. The predicted molar refractivity (Wildman–Crippen MR) is 116 cm³/mol. The molecule has 0 saturated carbocycles. The van der Waals surface area contributed by atoms with E-state index in [4.69, 9.17) is 4.74 Å². The van der Waals surface area contributed by atoms with Gasteiger partial charge in [-0.05, 0) is 31.5 Å². The Bertz CT molecular complexity index is 1230. The molecule has 0 radical (unpaired) electrons. The number of hydrogen-bond donors (Lipinski definition) is 1. The van der Waals surface area contributed by atoms with Gasteiger partial charge in [-0.3, -0.25) is 4.79 Å². The number of esters is 1. The van der Waals surface area contributed by atoms with Crippen LogP contribution >= 0.6 is 0 Å². The van der Waals surface area contributed by atoms with Gasteiger partial charge in [0.05, 0.1) is 12.2 Å². The van der Waals surface area contributed by atoms with Crippen LogP contribution in [0.2, 0.25) is 0 Å². The number of carbonyl (C=O) groups is 2. The lowest BCUT2D eigenvalue weighted by molar-refractivity contribution is -0.139. The van der Waals surface area contributed by atoms with Crippen LogP contribution in [0.3, 0.4) is 0 Å². The molecule has 4 rings (SSSR count). The van der Waals surface area contributed by atoms with Crippen LogP contribution in [0.15, 0.2) is 66.1 Å². The molecule has 170 valence electrons. The number of carbonyl (C=O) groups excluding carboxylic acids is 2. The zero-order chi connectivity index (χ0) is 23.5. The second kappa shape index (κ2) is 9.19. The first kappa shape index (κ1) is 22.1. The number of hydrogen-bond acceptors (Lipinski definition) is 6. The summed E-state index contributed by atoms with van der Waals surface area (Å²) in [5.41, 5.74) is 1.70. The van der Waals surface area contributed by atoms with Crippen molar-refractivity contribution in [1.29, 1.82) is 0 Å². The molecule has 1 aromatic heterocycles. The number of benzene rings is 2. The largest absolute Gasteiger partial charge is 0.463 e. The summed E-state index contributed by atoms with van der Waals surface area (Å²) in [6, 6.07) is 11.8. The summed E-state index contributed by atoms with van der Waals surface area (Å²) in [6.45, 7) is 3.35. The predicted octanol–water partition coefficient (Wildman–Crippen LogP) is 3.44. The zero-order valence-electron chi connectivity index (χ0n) is 18.0. The van der Waals surface area contributed by atoms with E-state index >= 15 is 0 Å². The van der Waals surface area contributed by atoms with Gasteiger partial charge in [-0.2, -0.15) is 10.1 Å². The van der Waals surface area contributed by atoms with Crippen molar-refractivity contribution < 1.29 is 23.1 Å². The molecule has 2 aromatic carbocycles. The molecule has 1 atom stereocenters. The Kier molecular flexibility index (Phi) is 6.16. The lowest BCUT2D eigenvalue weighted by Crippen LogP contribution is -2.40. The lowest BCUT2D eigenvalue weighted by atomic mass is 9.95. The van der Waals surface area contributed by atoms with Crippen molar-refractivity contribution in [2.45, 2.75) is 19.9 Å². The summed E-state index contributed by atoms with van der Waals surface area (Å²) < 4.78 is 33.6. The fourth-order valence-electron chi connectivity index (χ4n) is 3.75. The van der Waals surface area contributed by atoms with E-state index in [2.05, 4.69) is 15.4 Å². The van der Waals surface area contributed by atoms with E-state index in [1.165, 1.54) is 17.3 Å². The molecule has 33 heavy (non-hydrogen) atoms. The number of amides is 1. The van der Waals surface area contributed by atoms with Crippen LogP contribution < -0.4 is 10.2 Å². The van der Waals surface area contributed by atoms with E-state index < -0.39 is 29.6 Å². The van der Waals surface area contributed by atoms with Crippen molar-refractivity contribution in [3.63, 3.8) is 0 Å². The molecule has 2 heterocycles. The van der Waals surface area contributed by atoms with Gasteiger partial charge in [0.2, 0.25) is 11.9 Å². The molecule has 0 spiro atoms. The minimum Gasteiger partial charge on any atom is -0.463 e. The van der Waals surface area contributed by atoms with Crippen molar-refractivity contribution >= 4 is 23.5 Å². The van der Waals surface area contributed by atoms with Crippen LogP contribution in [0.5, 0.6) is 0 Å². The van der Waals surface area contributed by atoms with Gasteiger partial charge >= 0.3 is 5.97 Å². The number of allylic oxidation sites excluding steroid dienone is 1. The van der Waals surface area contributed by atoms with Crippen LogP contribution in [-0.4, -0.2) is 39.8 Å². The van der Waals surface area contributed by atoms with Crippen LogP contribution in [0, 0.1) is 11.6 Å². The Morgan fingerprint density at radius 1 is 1.12 bits per heavy atom. The maximum absolute atomic E-state index is 13.5. The highest BCUT2D eigenvalue weighted by Crippen LogP contribution is 2.38. The summed E-state index contributed by atoms with van der Waals surface area (Å²) in [5.74, 6) is -2.78. The standard InChI is InChI=1S/C23H21F2N5O3/c1-3-33-22(32)20-14(2)29(12-19(31)28-16-9-10-17(24)18(25)11-16)23-26-13-27-30(23)21(20)15-7-5-4-6-8-15/h4-11,13,21H,3,12H2,1-2H3,(H,28,31)/t21-/m0/s1. The topological polar surface area (TPSA) is 89.3 Å². The number of rotatable bonds is 6. The third-order valence-corrected chi connectivity index (χ3v) is 5.22. The molecular formula is C23H21F2N5O3. The van der Waals surface area contributed by atoms with Crippen LogP contribution in [0.1, 0.15) is 25.5 Å². The third kappa shape index (κ3) is 4.32. The van der Waals surface area contributed by atoms with Gasteiger partial charge in [-0.15, -0.1) is 0 Å². The second-order valence-corrected chi connectivity index (χ2v) is 7.30. The summed E-state index contributed by atoms with van der Waals surface area (Å²) in [4.78, 5) is 31.5. The highest BCUT2D eigenvalue weighted by atomic mass is 19.2. The summed E-state index contributed by atoms with van der Waals surface area (Å²) in [7, 11) is 0. The van der Waals surface area contributed by atoms with E-state index in [0.717, 1.165) is 17.7 Å². The van der Waals surface area contributed by atoms with E-state index in [0.29, 0.717) is 17.2 Å². The van der Waals surface area contributed by atoms with E-state index in [1.807, 2.05) is 30.3 Å². The fraction of sp³-hybridized carbons (Fsp3) is 0.217. The SMILES string of the molecule is CCOC(=O)C1=C(C)N(CC(=O)Nc2ccc(F)c(F)c2)c2ncnn2[C@H]1c1ccccc1. The third-order valence-electron chi connectivity index (χ3n) is 5.22. The Morgan fingerprint density at radius 2 is 1.88 bits per heavy atom. The number of aromatic nitrogens is 3. The number of anilines is 2. The van der Waals surface area contributed by atoms with Crippen molar-refractivity contribution in [2.24, 2.45) is 0 Å². The Morgan fingerprint density at radius 3 is 2.58 bits per heavy atom. The van der Waals surface area contributed by atoms with E-state index in [1.54, 1.807) is 18.5 Å². The summed E-state index contributed by atoms with van der Waals surface area (Å²) >= 11 is 0. The minimum absolute atomic E-state index is 0.104. The first-order valence-corrected chi connectivity index (χ1v) is 10.3. The molecule has 10 heteroatoms. The highest BCUT2D eigenvalue weighted by Gasteiger charge is 2.38. The van der Waals surface area contributed by atoms with E-state index in [9.17, 15) is 18.4 Å². The first-order chi connectivity index (χ1) is 15.9. The van der Waals surface area contributed by atoms with Crippen molar-refractivity contribution in [3.8, 4) is 0 Å². The summed E-state index contributed by atoms with van der Waals surface area (Å²) in [5, 5.41) is 6.83. The molecule has 1 N–H and O–H groups in total. The van der Waals surface area contributed by atoms with Crippen molar-refractivity contribution in [1.82, 2.24) is 14.8 Å². The van der Waals surface area contributed by atoms with Crippen molar-refractivity contribution in [2.75, 3.05) is 23.4 Å². The number of fused-ring (bicyclic) bond motifs is 1. The molecule has 8 nitrogen and oxygen atoms in total. The number of ether oxygens (including phenoxy) is 1. The Hall–Kier alpha value is -4.08. The molecule has 0 saturated heterocycles. The van der Waals surface area contributed by atoms with Gasteiger partial charge in [0, 0.05) is 17.5 Å². The fourth-order valence-corrected chi connectivity index (χ4v) is 3.75. The lowest BCUT2D eigenvalue weighted by Gasteiger charge is -2.35. The van der Waals surface area contributed by atoms with Gasteiger partial charge in [0.15, 0.2) is 11.6 Å². The van der Waals surface area contributed by atoms with Gasteiger partial charge in [0.25, 0.3) is 0 Å². The highest BCUT2D eigenvalue weighted by molar-refractivity contribution is 5.96. The minimum atomic E-state index is -1.07. The monoisotopic (exact) mass is 453 g/mol. The van der Waals surface area contributed by atoms with Crippen LogP contribution in [0.4, 0.5) is 20.4 Å². The average molecular weight is 453 g/mol. The first-order valence-electron chi connectivity index (χ1n) is 10.3. The number of nitrogens with one attached hydrogen (secondary N) is 1. The quantitative estimate of drug-likeness (QED) is 0.575. The Balaban J connectivity index is 1.70. The Labute approximate surface area is 188 Å². The normalized spacial score (nSPS) is 15.3. The molecule has 0 fully saturated rings. The average Bonchev–Trinajstić information content (AvgIpc) is 3.28. The van der Waals surface area contributed by atoms with Gasteiger partial charge in [-0.1, -0.05) is 30.3 Å². The van der Waals surface area contributed by atoms with Gasteiger partial charge in [0.1, 0.15) is 18.9 Å². The zero-order valence-corrected chi connectivity index (χ0v) is 18.0. The molecule has 1 amide bonds. The smallest absolute Gasteiger partial charge is 0.338 e. The molecule has 1 aliphatic heterocycles. The van der Waals surface area contributed by atoms with Crippen LogP contribution in [0.25, 0.3) is 0 Å². The maximum Gasteiger partial charge on any atom is 0.338 e. The molecule has 3 aromatic rings. The molecule has 0 aliphatic carbocycles. The number of halogens is 2. The molecule has 0 unspecified atom stereocenters. The second-order valence-electron chi connectivity index (χ2n) is 7.30. The molecule has 1 aliphatic rings. The number of nitrogens with zero attached hydrogens (tertiary/aromatic N) is 4.